The molecule has 1 aliphatic rings. The van der Waals surface area contributed by atoms with E-state index in [4.69, 9.17) is 4.74 Å². The van der Waals surface area contributed by atoms with E-state index in [0.717, 1.165) is 19.7 Å². The Balaban J connectivity index is 1.79. The van der Waals surface area contributed by atoms with Crippen LogP contribution in [0, 0.1) is 0 Å². The van der Waals surface area contributed by atoms with E-state index < -0.39 is 0 Å². The lowest BCUT2D eigenvalue weighted by Gasteiger charge is -2.20. The Morgan fingerprint density at radius 1 is 1.33 bits per heavy atom. The molecule has 1 atom stereocenters. The van der Waals surface area contributed by atoms with E-state index in [1.807, 2.05) is 0 Å². The topological polar surface area (TPSA) is 12.5 Å². The van der Waals surface area contributed by atoms with Crippen LogP contribution in [0.3, 0.4) is 0 Å². The van der Waals surface area contributed by atoms with Gasteiger partial charge in [-0.2, -0.15) is 0 Å². The third-order valence-corrected chi connectivity index (χ3v) is 2.83. The summed E-state index contributed by atoms with van der Waals surface area (Å²) in [4.78, 5) is 2.34. The van der Waals surface area contributed by atoms with Gasteiger partial charge >= 0.3 is 0 Å². The van der Waals surface area contributed by atoms with Gasteiger partial charge in [-0.1, -0.05) is 30.3 Å². The van der Waals surface area contributed by atoms with E-state index >= 15 is 0 Å². The second-order valence-electron chi connectivity index (χ2n) is 4.32. The third-order valence-electron chi connectivity index (χ3n) is 2.83. The quantitative estimate of drug-likeness (QED) is 0.748. The van der Waals surface area contributed by atoms with Gasteiger partial charge in [-0.25, -0.2) is 0 Å². The van der Waals surface area contributed by atoms with Crippen molar-refractivity contribution in [2.45, 2.75) is 25.5 Å². The first-order valence-electron chi connectivity index (χ1n) is 5.68. The minimum Gasteiger partial charge on any atom is -0.377 e. The summed E-state index contributed by atoms with van der Waals surface area (Å²) in [5.74, 6) is 0. The second kappa shape index (κ2) is 5.29. The summed E-state index contributed by atoms with van der Waals surface area (Å²) in [6.07, 6.45) is 2.90. The standard InChI is InChI=1S/C13H19NO/c1-14(11-13-8-5-9-15-13)10-12-6-3-2-4-7-12/h2-4,6-7,13H,5,8-11H2,1H3/t13-/m0/s1. The van der Waals surface area contributed by atoms with Crippen molar-refractivity contribution in [1.82, 2.24) is 4.90 Å². The van der Waals surface area contributed by atoms with Crippen LogP contribution in [0.1, 0.15) is 18.4 Å². The van der Waals surface area contributed by atoms with Crippen LogP contribution in [0.15, 0.2) is 30.3 Å². The molecular weight excluding hydrogens is 186 g/mol. The lowest BCUT2D eigenvalue weighted by atomic mass is 10.2. The summed E-state index contributed by atoms with van der Waals surface area (Å²) in [6, 6.07) is 10.6. The molecule has 2 rings (SSSR count). The number of hydrogen-bond donors (Lipinski definition) is 0. The largest absolute Gasteiger partial charge is 0.377 e. The molecule has 0 spiro atoms. The molecule has 1 aromatic carbocycles. The molecule has 0 amide bonds. The van der Waals surface area contributed by atoms with Crippen molar-refractivity contribution in [1.29, 1.82) is 0 Å². The Labute approximate surface area is 91.9 Å². The van der Waals surface area contributed by atoms with Crippen LogP contribution >= 0.6 is 0 Å². The van der Waals surface area contributed by atoms with Crippen molar-refractivity contribution in [3.05, 3.63) is 35.9 Å². The zero-order valence-electron chi connectivity index (χ0n) is 9.36. The monoisotopic (exact) mass is 205 g/mol. The lowest BCUT2D eigenvalue weighted by Crippen LogP contribution is -2.28. The highest BCUT2D eigenvalue weighted by Gasteiger charge is 2.17. The van der Waals surface area contributed by atoms with Gasteiger partial charge in [0, 0.05) is 19.7 Å². The molecule has 1 aliphatic heterocycles. The highest BCUT2D eigenvalue weighted by Crippen LogP contribution is 2.13. The Morgan fingerprint density at radius 2 is 2.13 bits per heavy atom. The van der Waals surface area contributed by atoms with Gasteiger partial charge in [-0.3, -0.25) is 4.90 Å². The second-order valence-corrected chi connectivity index (χ2v) is 4.32. The molecule has 2 heteroatoms. The van der Waals surface area contributed by atoms with E-state index in [0.29, 0.717) is 6.10 Å². The average Bonchev–Trinajstić information content (AvgIpc) is 2.71. The van der Waals surface area contributed by atoms with E-state index in [9.17, 15) is 0 Å². The minimum absolute atomic E-state index is 0.457. The zero-order chi connectivity index (χ0) is 10.5. The molecule has 1 fully saturated rings. The van der Waals surface area contributed by atoms with Gasteiger partial charge in [0.05, 0.1) is 6.10 Å². The molecule has 1 aromatic rings. The molecule has 0 N–H and O–H groups in total. The lowest BCUT2D eigenvalue weighted by molar-refractivity contribution is 0.0793. The summed E-state index contributed by atoms with van der Waals surface area (Å²) >= 11 is 0. The predicted molar refractivity (Wildman–Crippen MR) is 61.8 cm³/mol. The highest BCUT2D eigenvalue weighted by atomic mass is 16.5. The van der Waals surface area contributed by atoms with Crippen LogP contribution in [0.2, 0.25) is 0 Å². The molecule has 0 aliphatic carbocycles. The van der Waals surface area contributed by atoms with E-state index in [1.165, 1.54) is 18.4 Å². The summed E-state index contributed by atoms with van der Waals surface area (Å²) in [5, 5.41) is 0. The molecule has 1 heterocycles. The number of rotatable bonds is 4. The molecule has 0 saturated carbocycles. The number of nitrogens with zero attached hydrogens (tertiary/aromatic N) is 1. The van der Waals surface area contributed by atoms with Crippen LogP contribution in [0.4, 0.5) is 0 Å². The first-order chi connectivity index (χ1) is 7.34. The van der Waals surface area contributed by atoms with Crippen LogP contribution in [-0.4, -0.2) is 31.2 Å². The smallest absolute Gasteiger partial charge is 0.0702 e. The van der Waals surface area contributed by atoms with E-state index in [-0.39, 0.29) is 0 Å². The van der Waals surface area contributed by atoms with Crippen molar-refractivity contribution in [2.75, 3.05) is 20.2 Å². The van der Waals surface area contributed by atoms with Crippen molar-refractivity contribution in [3.63, 3.8) is 0 Å². The highest BCUT2D eigenvalue weighted by molar-refractivity contribution is 5.14. The van der Waals surface area contributed by atoms with Crippen molar-refractivity contribution >= 4 is 0 Å². The molecule has 15 heavy (non-hydrogen) atoms. The van der Waals surface area contributed by atoms with Crippen LogP contribution in [0.25, 0.3) is 0 Å². The maximum atomic E-state index is 5.62. The number of likely N-dealkylation sites (N-methyl/N-ethyl adjacent to an activating group) is 1. The van der Waals surface area contributed by atoms with Crippen LogP contribution in [-0.2, 0) is 11.3 Å². The molecule has 1 saturated heterocycles. The van der Waals surface area contributed by atoms with Gasteiger partial charge < -0.3 is 4.74 Å². The van der Waals surface area contributed by atoms with Crippen molar-refractivity contribution in [2.24, 2.45) is 0 Å². The van der Waals surface area contributed by atoms with Gasteiger partial charge in [0.2, 0.25) is 0 Å². The molecule has 0 aromatic heterocycles. The Kier molecular flexibility index (Phi) is 3.75. The fourth-order valence-corrected chi connectivity index (χ4v) is 2.10. The van der Waals surface area contributed by atoms with Crippen molar-refractivity contribution < 1.29 is 4.74 Å². The Bertz CT molecular complexity index is 280. The van der Waals surface area contributed by atoms with Gasteiger partial charge in [-0.15, -0.1) is 0 Å². The fourth-order valence-electron chi connectivity index (χ4n) is 2.10. The van der Waals surface area contributed by atoms with Crippen LogP contribution in [0.5, 0.6) is 0 Å². The summed E-state index contributed by atoms with van der Waals surface area (Å²) in [5.41, 5.74) is 1.37. The molecule has 2 nitrogen and oxygen atoms in total. The third kappa shape index (κ3) is 3.33. The Morgan fingerprint density at radius 3 is 2.80 bits per heavy atom. The predicted octanol–water partition coefficient (Wildman–Crippen LogP) is 2.30. The first kappa shape index (κ1) is 10.7. The molecule has 0 bridgehead atoms. The summed E-state index contributed by atoms with van der Waals surface area (Å²) in [7, 11) is 2.16. The molecule has 0 unspecified atom stereocenters. The summed E-state index contributed by atoms with van der Waals surface area (Å²) < 4.78 is 5.62. The fraction of sp³-hybridized carbons (Fsp3) is 0.538. The van der Waals surface area contributed by atoms with Crippen LogP contribution < -0.4 is 0 Å². The number of hydrogen-bond acceptors (Lipinski definition) is 2. The van der Waals surface area contributed by atoms with Gasteiger partial charge in [0.15, 0.2) is 0 Å². The Hall–Kier alpha value is -0.860. The molecule has 82 valence electrons. The molecule has 0 radical (unpaired) electrons. The van der Waals surface area contributed by atoms with Crippen molar-refractivity contribution in [3.8, 4) is 0 Å². The SMILES string of the molecule is CN(Cc1ccccc1)C[C@@H]1CCCO1. The number of benzene rings is 1. The first-order valence-corrected chi connectivity index (χ1v) is 5.68. The zero-order valence-corrected chi connectivity index (χ0v) is 9.36. The van der Waals surface area contributed by atoms with Gasteiger partial charge in [0.1, 0.15) is 0 Å². The maximum Gasteiger partial charge on any atom is 0.0702 e. The van der Waals surface area contributed by atoms with Gasteiger partial charge in [-0.05, 0) is 25.5 Å². The average molecular weight is 205 g/mol. The minimum atomic E-state index is 0.457. The van der Waals surface area contributed by atoms with E-state index in [2.05, 4.69) is 42.3 Å². The normalized spacial score (nSPS) is 21.1. The molecular formula is C13H19NO. The maximum absolute atomic E-state index is 5.62. The van der Waals surface area contributed by atoms with Gasteiger partial charge in [0.25, 0.3) is 0 Å². The summed E-state index contributed by atoms with van der Waals surface area (Å²) in [6.45, 7) is 3.01. The number of ether oxygens (including phenoxy) is 1. The van der Waals surface area contributed by atoms with E-state index in [1.54, 1.807) is 0 Å².